The second-order valence-corrected chi connectivity index (χ2v) is 4.71. The molecule has 1 heterocycles. The first kappa shape index (κ1) is 15.3. The van der Waals surface area contributed by atoms with Gasteiger partial charge in [-0.1, -0.05) is 0 Å². The molecule has 0 saturated heterocycles. The van der Waals surface area contributed by atoms with Crippen LogP contribution in [0.4, 0.5) is 5.69 Å². The van der Waals surface area contributed by atoms with E-state index in [2.05, 4.69) is 10.4 Å². The Bertz CT molecular complexity index is 765. The number of amides is 2. The summed E-state index contributed by atoms with van der Waals surface area (Å²) < 4.78 is 0. The molecule has 0 aliphatic carbocycles. The molecule has 0 atom stereocenters. The fourth-order valence-corrected chi connectivity index (χ4v) is 1.84. The Kier molecular flexibility index (Phi) is 4.26. The van der Waals surface area contributed by atoms with Crippen LogP contribution in [-0.4, -0.2) is 21.9 Å². The van der Waals surface area contributed by atoms with Gasteiger partial charge in [0, 0.05) is 24.9 Å². The monoisotopic (exact) mass is 301 g/mol. The number of aromatic amines is 1. The van der Waals surface area contributed by atoms with E-state index in [0.717, 1.165) is 5.01 Å². The average Bonchev–Trinajstić information content (AvgIpc) is 2.45. The van der Waals surface area contributed by atoms with Gasteiger partial charge in [0.25, 0.3) is 5.91 Å². The number of H-pyrrole nitrogens is 1. The number of phenolic OH excluding ortho intramolecular Hbond substituents is 1. The lowest BCUT2D eigenvalue weighted by Gasteiger charge is -2.21. The fraction of sp³-hybridized carbons (Fsp3) is 0.133. The molecular formula is C15H15N3O4. The van der Waals surface area contributed by atoms with E-state index in [1.807, 2.05) is 0 Å². The molecule has 1 aromatic carbocycles. The van der Waals surface area contributed by atoms with Crippen LogP contribution in [0.15, 0.2) is 41.3 Å². The number of benzene rings is 1. The Morgan fingerprint density at radius 2 is 1.86 bits per heavy atom. The summed E-state index contributed by atoms with van der Waals surface area (Å²) in [4.78, 5) is 38.4. The quantitative estimate of drug-likeness (QED) is 0.722. The first-order valence-electron chi connectivity index (χ1n) is 6.48. The number of aryl methyl sites for hydroxylation is 1. The number of aromatic nitrogens is 1. The van der Waals surface area contributed by atoms with Gasteiger partial charge in [0.1, 0.15) is 11.3 Å². The Labute approximate surface area is 126 Å². The smallest absolute Gasteiger partial charge is 0.275 e. The van der Waals surface area contributed by atoms with Crippen molar-refractivity contribution in [2.45, 2.75) is 13.8 Å². The van der Waals surface area contributed by atoms with Crippen LogP contribution >= 0.6 is 0 Å². The van der Waals surface area contributed by atoms with Crippen LogP contribution in [0.3, 0.4) is 0 Å². The Morgan fingerprint density at radius 3 is 2.41 bits per heavy atom. The van der Waals surface area contributed by atoms with Crippen LogP contribution in [0.1, 0.15) is 23.0 Å². The van der Waals surface area contributed by atoms with E-state index in [1.54, 1.807) is 6.92 Å². The van der Waals surface area contributed by atoms with E-state index in [1.165, 1.54) is 43.5 Å². The zero-order valence-corrected chi connectivity index (χ0v) is 12.1. The molecule has 0 bridgehead atoms. The molecule has 0 saturated carbocycles. The summed E-state index contributed by atoms with van der Waals surface area (Å²) in [5, 5.41) is 10.3. The maximum atomic E-state index is 12.2. The summed E-state index contributed by atoms with van der Waals surface area (Å²) in [7, 11) is 0. The third kappa shape index (κ3) is 3.32. The van der Waals surface area contributed by atoms with Gasteiger partial charge in [-0.3, -0.25) is 19.8 Å². The topological polar surface area (TPSA) is 103 Å². The largest absolute Gasteiger partial charge is 0.508 e. The minimum atomic E-state index is -0.704. The van der Waals surface area contributed by atoms with E-state index in [9.17, 15) is 19.5 Å². The highest BCUT2D eigenvalue weighted by molar-refractivity contribution is 6.00. The number of hydrazine groups is 1. The maximum Gasteiger partial charge on any atom is 0.275 e. The van der Waals surface area contributed by atoms with Gasteiger partial charge in [0.05, 0.1) is 5.69 Å². The van der Waals surface area contributed by atoms with Crippen molar-refractivity contribution in [3.8, 4) is 5.75 Å². The van der Waals surface area contributed by atoms with Gasteiger partial charge in [-0.2, -0.15) is 0 Å². The Balaban J connectivity index is 2.28. The van der Waals surface area contributed by atoms with Crippen molar-refractivity contribution in [3.05, 3.63) is 58.0 Å². The number of rotatable bonds is 2. The van der Waals surface area contributed by atoms with Crippen LogP contribution in [0.25, 0.3) is 0 Å². The third-order valence-electron chi connectivity index (χ3n) is 2.94. The number of aromatic hydroxyl groups is 1. The Hall–Kier alpha value is -3.09. The SMILES string of the molecule is CC(=O)N(NC(=O)c1c[nH]c(C)cc1=O)c1ccc(O)cc1. The van der Waals surface area contributed by atoms with E-state index in [0.29, 0.717) is 11.4 Å². The zero-order chi connectivity index (χ0) is 16.3. The van der Waals surface area contributed by atoms with Crippen LogP contribution < -0.4 is 15.9 Å². The number of anilines is 1. The molecule has 1 aromatic heterocycles. The van der Waals surface area contributed by atoms with Crippen LogP contribution in [0.5, 0.6) is 5.75 Å². The summed E-state index contributed by atoms with van der Waals surface area (Å²) in [5.41, 5.74) is 2.82. The van der Waals surface area contributed by atoms with Crippen LogP contribution in [0, 0.1) is 6.92 Å². The second-order valence-electron chi connectivity index (χ2n) is 4.71. The number of hydrogen-bond donors (Lipinski definition) is 3. The molecule has 0 spiro atoms. The van der Waals surface area contributed by atoms with Gasteiger partial charge in [-0.05, 0) is 31.2 Å². The Morgan fingerprint density at radius 1 is 1.23 bits per heavy atom. The number of phenols is 1. The molecule has 22 heavy (non-hydrogen) atoms. The van der Waals surface area contributed by atoms with Gasteiger partial charge in [-0.15, -0.1) is 0 Å². The van der Waals surface area contributed by atoms with Gasteiger partial charge in [-0.25, -0.2) is 5.01 Å². The molecular weight excluding hydrogens is 286 g/mol. The fourth-order valence-electron chi connectivity index (χ4n) is 1.84. The second kappa shape index (κ2) is 6.13. The van der Waals surface area contributed by atoms with Crippen LogP contribution in [-0.2, 0) is 4.79 Å². The van der Waals surface area contributed by atoms with Crippen molar-refractivity contribution < 1.29 is 14.7 Å². The molecule has 0 radical (unpaired) electrons. The van der Waals surface area contributed by atoms with E-state index < -0.39 is 17.2 Å². The molecule has 2 rings (SSSR count). The summed E-state index contributed by atoms with van der Waals surface area (Å²) >= 11 is 0. The van der Waals surface area contributed by atoms with E-state index >= 15 is 0 Å². The van der Waals surface area contributed by atoms with Gasteiger partial charge >= 0.3 is 0 Å². The van der Waals surface area contributed by atoms with Crippen molar-refractivity contribution in [1.29, 1.82) is 0 Å². The lowest BCUT2D eigenvalue weighted by atomic mass is 10.2. The molecule has 0 unspecified atom stereocenters. The number of carbonyl (C=O) groups is 2. The standard InChI is InChI=1S/C15H15N3O4/c1-9-7-14(21)13(8-16-9)15(22)17-18(10(2)19)11-3-5-12(20)6-4-11/h3-8,20H,1-2H3,(H,16,21)(H,17,22). The zero-order valence-electron chi connectivity index (χ0n) is 12.1. The third-order valence-corrected chi connectivity index (χ3v) is 2.94. The normalized spacial score (nSPS) is 10.1. The number of pyridine rings is 1. The minimum Gasteiger partial charge on any atom is -0.508 e. The minimum absolute atomic E-state index is 0.0357. The summed E-state index contributed by atoms with van der Waals surface area (Å²) in [5.74, 6) is -1.11. The lowest BCUT2D eigenvalue weighted by Crippen LogP contribution is -2.46. The highest BCUT2D eigenvalue weighted by atomic mass is 16.3. The molecule has 0 aliphatic rings. The lowest BCUT2D eigenvalue weighted by molar-refractivity contribution is -0.117. The highest BCUT2D eigenvalue weighted by Gasteiger charge is 2.18. The van der Waals surface area contributed by atoms with Crippen molar-refractivity contribution in [2.24, 2.45) is 0 Å². The predicted octanol–water partition coefficient (Wildman–Crippen LogP) is 1.09. The van der Waals surface area contributed by atoms with Gasteiger partial charge in [0.15, 0.2) is 5.43 Å². The summed E-state index contributed by atoms with van der Waals surface area (Å²) in [6, 6.07) is 7.01. The predicted molar refractivity (Wildman–Crippen MR) is 80.5 cm³/mol. The first-order chi connectivity index (χ1) is 10.4. The van der Waals surface area contributed by atoms with Gasteiger partial charge < -0.3 is 10.1 Å². The highest BCUT2D eigenvalue weighted by Crippen LogP contribution is 2.17. The van der Waals surface area contributed by atoms with E-state index in [4.69, 9.17) is 0 Å². The maximum absolute atomic E-state index is 12.2. The van der Waals surface area contributed by atoms with Crippen molar-refractivity contribution in [2.75, 3.05) is 5.01 Å². The summed E-state index contributed by atoms with van der Waals surface area (Å²) in [6.07, 6.45) is 1.29. The molecule has 0 fully saturated rings. The number of hydrogen-bond acceptors (Lipinski definition) is 4. The molecule has 3 N–H and O–H groups in total. The average molecular weight is 301 g/mol. The molecule has 2 amide bonds. The number of nitrogens with zero attached hydrogens (tertiary/aromatic N) is 1. The number of nitrogens with one attached hydrogen (secondary N) is 2. The molecule has 7 heteroatoms. The van der Waals surface area contributed by atoms with Crippen molar-refractivity contribution in [3.63, 3.8) is 0 Å². The van der Waals surface area contributed by atoms with Crippen molar-refractivity contribution >= 4 is 17.5 Å². The molecule has 7 nitrogen and oxygen atoms in total. The molecule has 2 aromatic rings. The van der Waals surface area contributed by atoms with E-state index in [-0.39, 0.29) is 11.3 Å². The first-order valence-corrected chi connectivity index (χ1v) is 6.48. The number of carbonyl (C=O) groups excluding carboxylic acids is 2. The summed E-state index contributed by atoms with van der Waals surface area (Å²) in [6.45, 7) is 2.97. The van der Waals surface area contributed by atoms with Crippen molar-refractivity contribution in [1.82, 2.24) is 10.4 Å². The van der Waals surface area contributed by atoms with Crippen LogP contribution in [0.2, 0.25) is 0 Å². The molecule has 114 valence electrons. The molecule has 0 aliphatic heterocycles. The van der Waals surface area contributed by atoms with Gasteiger partial charge in [0.2, 0.25) is 5.91 Å².